The number of sulfonamides is 1. The summed E-state index contributed by atoms with van der Waals surface area (Å²) in [4.78, 5) is 14.6. The van der Waals surface area contributed by atoms with Gasteiger partial charge in [-0.3, -0.25) is 4.79 Å². The minimum absolute atomic E-state index is 0.0379. The van der Waals surface area contributed by atoms with Crippen molar-refractivity contribution in [3.05, 3.63) is 11.6 Å². The van der Waals surface area contributed by atoms with E-state index in [0.29, 0.717) is 31.8 Å². The molecule has 0 radical (unpaired) electrons. The van der Waals surface area contributed by atoms with Crippen LogP contribution in [-0.4, -0.2) is 44.6 Å². The van der Waals surface area contributed by atoms with Crippen molar-refractivity contribution >= 4 is 15.9 Å². The van der Waals surface area contributed by atoms with Crippen molar-refractivity contribution in [3.8, 4) is 0 Å². The highest BCUT2D eigenvalue weighted by atomic mass is 32.2. The Bertz CT molecular complexity index is 568. The number of hydrogen-bond donors (Lipinski definition) is 1. The molecular formula is C16H28N2O3S. The van der Waals surface area contributed by atoms with E-state index in [2.05, 4.69) is 38.5 Å². The normalized spacial score (nSPS) is 28.3. The van der Waals surface area contributed by atoms with Crippen LogP contribution in [0.2, 0.25) is 0 Å². The maximum absolute atomic E-state index is 12.7. The number of carbonyl (C=O) groups excluding carboxylic acids is 1. The van der Waals surface area contributed by atoms with Crippen LogP contribution in [0.3, 0.4) is 0 Å². The van der Waals surface area contributed by atoms with Crippen LogP contribution in [0.15, 0.2) is 11.6 Å². The first-order valence-electron chi connectivity index (χ1n) is 7.93. The fourth-order valence-corrected chi connectivity index (χ4v) is 4.38. The van der Waals surface area contributed by atoms with E-state index in [-0.39, 0.29) is 23.3 Å². The molecule has 0 aromatic carbocycles. The molecule has 0 bridgehead atoms. The fourth-order valence-electron chi connectivity index (χ4n) is 3.54. The van der Waals surface area contributed by atoms with Crippen molar-refractivity contribution in [1.29, 1.82) is 0 Å². The van der Waals surface area contributed by atoms with Crippen LogP contribution in [0.25, 0.3) is 0 Å². The third-order valence-electron chi connectivity index (χ3n) is 4.88. The zero-order valence-corrected chi connectivity index (χ0v) is 15.0. The van der Waals surface area contributed by atoms with Crippen molar-refractivity contribution in [2.75, 3.05) is 19.3 Å². The molecule has 1 amide bonds. The summed E-state index contributed by atoms with van der Waals surface area (Å²) in [5.41, 5.74) is 1.29. The zero-order valence-electron chi connectivity index (χ0n) is 14.2. The number of rotatable bonds is 4. The molecule has 2 rings (SSSR count). The number of allylic oxidation sites excluding steroid dienone is 2. The first-order chi connectivity index (χ1) is 10.0. The Kier molecular flexibility index (Phi) is 4.74. The van der Waals surface area contributed by atoms with Gasteiger partial charge in [-0.05, 0) is 38.0 Å². The molecule has 1 saturated carbocycles. The lowest BCUT2D eigenvalue weighted by molar-refractivity contribution is -0.134. The van der Waals surface area contributed by atoms with Crippen molar-refractivity contribution < 1.29 is 13.2 Å². The molecule has 6 heteroatoms. The smallest absolute Gasteiger partial charge is 0.226 e. The van der Waals surface area contributed by atoms with Gasteiger partial charge in [0, 0.05) is 19.1 Å². The molecule has 2 fully saturated rings. The highest BCUT2D eigenvalue weighted by Gasteiger charge is 2.61. The maximum atomic E-state index is 12.7. The van der Waals surface area contributed by atoms with Gasteiger partial charge in [0.2, 0.25) is 15.9 Å². The summed E-state index contributed by atoms with van der Waals surface area (Å²) in [5, 5.41) is 0. The van der Waals surface area contributed by atoms with Crippen LogP contribution in [0.5, 0.6) is 0 Å². The summed E-state index contributed by atoms with van der Waals surface area (Å²) in [6, 6.07) is -0.0418. The Morgan fingerprint density at radius 3 is 2.23 bits per heavy atom. The van der Waals surface area contributed by atoms with E-state index in [4.69, 9.17) is 0 Å². The van der Waals surface area contributed by atoms with Crippen molar-refractivity contribution in [2.45, 2.75) is 46.6 Å². The molecule has 2 atom stereocenters. The van der Waals surface area contributed by atoms with Gasteiger partial charge in [-0.15, -0.1) is 0 Å². The molecule has 2 aliphatic rings. The molecule has 22 heavy (non-hydrogen) atoms. The van der Waals surface area contributed by atoms with Crippen LogP contribution in [-0.2, 0) is 14.8 Å². The number of amides is 1. The minimum atomic E-state index is -3.17. The van der Waals surface area contributed by atoms with Gasteiger partial charge in [0.1, 0.15) is 0 Å². The fraction of sp³-hybridized carbons (Fsp3) is 0.812. The Morgan fingerprint density at radius 2 is 1.77 bits per heavy atom. The van der Waals surface area contributed by atoms with Crippen molar-refractivity contribution in [3.63, 3.8) is 0 Å². The Hall–Kier alpha value is -0.880. The van der Waals surface area contributed by atoms with Crippen LogP contribution in [0.1, 0.15) is 40.5 Å². The van der Waals surface area contributed by atoms with Gasteiger partial charge in [0.05, 0.1) is 12.2 Å². The highest BCUT2D eigenvalue weighted by Crippen LogP contribution is 2.60. The summed E-state index contributed by atoms with van der Waals surface area (Å²) >= 11 is 0. The van der Waals surface area contributed by atoms with Gasteiger partial charge in [-0.1, -0.05) is 25.5 Å². The molecule has 0 aromatic rings. The number of carbonyl (C=O) groups is 1. The molecule has 126 valence electrons. The molecule has 0 spiro atoms. The second kappa shape index (κ2) is 5.96. The summed E-state index contributed by atoms with van der Waals surface area (Å²) in [5.74, 6) is 0.629. The SMILES string of the molecule is CC(C)=C[C@H]1[C@H](C(=O)N2CCC(NS(C)(=O)=O)CC2)C1(C)C. The quantitative estimate of drug-likeness (QED) is 0.800. The standard InChI is InChI=1S/C16H28N2O3S/c1-11(2)10-13-14(16(13,3)4)15(19)18-8-6-12(7-9-18)17-22(5,20)21/h10,12-14,17H,6-9H2,1-5H3/t13-,14+/m0/s1. The van der Waals surface area contributed by atoms with E-state index in [9.17, 15) is 13.2 Å². The van der Waals surface area contributed by atoms with Gasteiger partial charge < -0.3 is 4.90 Å². The minimum Gasteiger partial charge on any atom is -0.342 e. The largest absolute Gasteiger partial charge is 0.342 e. The van der Waals surface area contributed by atoms with E-state index < -0.39 is 10.0 Å². The number of nitrogens with zero attached hydrogens (tertiary/aromatic N) is 1. The Balaban J connectivity index is 1.92. The van der Waals surface area contributed by atoms with Crippen LogP contribution in [0, 0.1) is 17.3 Å². The lowest BCUT2D eigenvalue weighted by atomic mass is 10.0. The number of likely N-dealkylation sites (tertiary alicyclic amines) is 1. The molecular weight excluding hydrogens is 300 g/mol. The molecule has 1 N–H and O–H groups in total. The molecule has 1 aliphatic carbocycles. The van der Waals surface area contributed by atoms with Crippen molar-refractivity contribution in [1.82, 2.24) is 9.62 Å². The maximum Gasteiger partial charge on any atom is 0.226 e. The van der Waals surface area contributed by atoms with E-state index in [1.807, 2.05) is 4.90 Å². The topological polar surface area (TPSA) is 66.5 Å². The lowest BCUT2D eigenvalue weighted by Crippen LogP contribution is -2.47. The molecule has 1 aliphatic heterocycles. The van der Waals surface area contributed by atoms with E-state index in [1.165, 1.54) is 11.8 Å². The summed E-state index contributed by atoms with van der Waals surface area (Å²) < 4.78 is 25.2. The molecule has 1 saturated heterocycles. The zero-order chi connectivity index (χ0) is 16.7. The second-order valence-electron chi connectivity index (χ2n) is 7.56. The van der Waals surface area contributed by atoms with Gasteiger partial charge in [-0.2, -0.15) is 0 Å². The van der Waals surface area contributed by atoms with Crippen LogP contribution in [0.4, 0.5) is 0 Å². The van der Waals surface area contributed by atoms with Gasteiger partial charge >= 0.3 is 0 Å². The Labute approximate surface area is 134 Å². The van der Waals surface area contributed by atoms with E-state index >= 15 is 0 Å². The van der Waals surface area contributed by atoms with Crippen LogP contribution >= 0.6 is 0 Å². The average molecular weight is 328 g/mol. The van der Waals surface area contributed by atoms with Crippen LogP contribution < -0.4 is 4.72 Å². The number of nitrogens with one attached hydrogen (secondary N) is 1. The van der Waals surface area contributed by atoms with E-state index in [0.717, 1.165) is 0 Å². The number of hydrogen-bond acceptors (Lipinski definition) is 3. The monoisotopic (exact) mass is 328 g/mol. The summed E-state index contributed by atoms with van der Waals surface area (Å²) in [6.45, 7) is 9.71. The first kappa shape index (κ1) is 17.5. The Morgan fingerprint density at radius 1 is 1.23 bits per heavy atom. The van der Waals surface area contributed by atoms with Gasteiger partial charge in [0.25, 0.3) is 0 Å². The van der Waals surface area contributed by atoms with Crippen molar-refractivity contribution in [2.24, 2.45) is 17.3 Å². The first-order valence-corrected chi connectivity index (χ1v) is 9.82. The molecule has 0 aromatic heterocycles. The molecule has 0 unspecified atom stereocenters. The van der Waals surface area contributed by atoms with Gasteiger partial charge in [0.15, 0.2) is 0 Å². The van der Waals surface area contributed by atoms with Gasteiger partial charge in [-0.25, -0.2) is 13.1 Å². The molecule has 5 nitrogen and oxygen atoms in total. The lowest BCUT2D eigenvalue weighted by Gasteiger charge is -2.32. The predicted octanol–water partition coefficient (Wildman–Crippen LogP) is 1.76. The second-order valence-corrected chi connectivity index (χ2v) is 9.34. The third-order valence-corrected chi connectivity index (χ3v) is 5.64. The number of piperidine rings is 1. The molecule has 1 heterocycles. The summed E-state index contributed by atoms with van der Waals surface area (Å²) in [7, 11) is -3.17. The third kappa shape index (κ3) is 3.90. The summed E-state index contributed by atoms with van der Waals surface area (Å²) in [6.07, 6.45) is 4.78. The van der Waals surface area contributed by atoms with E-state index in [1.54, 1.807) is 0 Å². The predicted molar refractivity (Wildman–Crippen MR) is 87.8 cm³/mol. The average Bonchev–Trinajstić information content (AvgIpc) is 2.88. The highest BCUT2D eigenvalue weighted by molar-refractivity contribution is 7.88.